The molecular formula is C16H22N9S+. The van der Waals surface area contributed by atoms with Gasteiger partial charge in [0.15, 0.2) is 6.19 Å². The largest absolute Gasteiger partial charge is 0.407 e. The molecule has 0 radical (unpaired) electrons. The summed E-state index contributed by atoms with van der Waals surface area (Å²) in [7, 11) is 0. The normalized spacial score (nSPS) is 11.0. The van der Waals surface area contributed by atoms with Crippen LogP contribution in [0.15, 0.2) is 28.6 Å². The van der Waals surface area contributed by atoms with E-state index in [1.165, 1.54) is 11.3 Å². The van der Waals surface area contributed by atoms with Crippen molar-refractivity contribution in [3.63, 3.8) is 0 Å². The number of hydrazine groups is 2. The molecule has 2 heterocycles. The van der Waals surface area contributed by atoms with E-state index >= 15 is 0 Å². The van der Waals surface area contributed by atoms with E-state index in [2.05, 4.69) is 33.9 Å². The maximum absolute atomic E-state index is 8.49. The summed E-state index contributed by atoms with van der Waals surface area (Å²) in [6, 6.07) is 5.58. The molecule has 0 unspecified atom stereocenters. The van der Waals surface area contributed by atoms with Gasteiger partial charge >= 0.3 is 5.13 Å². The van der Waals surface area contributed by atoms with Crippen LogP contribution in [0.5, 0.6) is 0 Å². The van der Waals surface area contributed by atoms with E-state index in [0.717, 1.165) is 29.9 Å². The fourth-order valence-corrected chi connectivity index (χ4v) is 2.79. The highest BCUT2D eigenvalue weighted by Crippen LogP contribution is 2.25. The van der Waals surface area contributed by atoms with E-state index < -0.39 is 0 Å². The van der Waals surface area contributed by atoms with E-state index in [0.29, 0.717) is 11.7 Å². The Balaban J connectivity index is 2.11. The Morgan fingerprint density at radius 3 is 3.00 bits per heavy atom. The second-order valence-corrected chi connectivity index (χ2v) is 6.22. The predicted molar refractivity (Wildman–Crippen MR) is 102 cm³/mol. The minimum absolute atomic E-state index is 0.0541. The number of nitrogens with one attached hydrogen (secondary N) is 1. The van der Waals surface area contributed by atoms with Crippen molar-refractivity contribution in [3.8, 4) is 17.6 Å². The molecular weight excluding hydrogens is 350 g/mol. The maximum Gasteiger partial charge on any atom is 0.407 e. The van der Waals surface area contributed by atoms with Gasteiger partial charge in [0.25, 0.3) is 0 Å². The number of nitriles is 1. The minimum atomic E-state index is 0.0541. The summed E-state index contributed by atoms with van der Waals surface area (Å²) in [6.45, 7) is 7.03. The van der Waals surface area contributed by atoms with Crippen molar-refractivity contribution in [2.75, 3.05) is 6.54 Å². The Labute approximate surface area is 156 Å². The summed E-state index contributed by atoms with van der Waals surface area (Å²) in [5.74, 6) is 6.05. The van der Waals surface area contributed by atoms with Crippen LogP contribution in [0, 0.1) is 11.5 Å². The average Bonchev–Trinajstić information content (AvgIpc) is 3.14. The monoisotopic (exact) mass is 372 g/mol. The van der Waals surface area contributed by atoms with Crippen molar-refractivity contribution >= 4 is 29.1 Å². The van der Waals surface area contributed by atoms with Gasteiger partial charge in [-0.15, -0.1) is 4.68 Å². The smallest absolute Gasteiger partial charge is 0.369 e. The fraction of sp³-hybridized carbons (Fsp3) is 0.312. The van der Waals surface area contributed by atoms with Crippen molar-refractivity contribution < 1.29 is 4.68 Å². The second-order valence-electron chi connectivity index (χ2n) is 5.38. The number of hydrazone groups is 1. The van der Waals surface area contributed by atoms with Gasteiger partial charge in [0.05, 0.1) is 30.9 Å². The first-order chi connectivity index (χ1) is 12.5. The highest BCUT2D eigenvalue weighted by atomic mass is 32.1. The minimum Gasteiger partial charge on any atom is -0.369 e. The van der Waals surface area contributed by atoms with E-state index in [-0.39, 0.29) is 12.5 Å². The lowest BCUT2D eigenvalue weighted by Gasteiger charge is -2.14. The molecule has 2 aromatic heterocycles. The summed E-state index contributed by atoms with van der Waals surface area (Å²) in [4.78, 5) is 13.1. The van der Waals surface area contributed by atoms with E-state index in [1.807, 2.05) is 23.6 Å². The Morgan fingerprint density at radius 1 is 1.46 bits per heavy atom. The molecule has 0 saturated carbocycles. The van der Waals surface area contributed by atoms with Gasteiger partial charge in [0.2, 0.25) is 11.7 Å². The number of aromatic nitrogens is 2. The Kier molecular flexibility index (Phi) is 7.02. The van der Waals surface area contributed by atoms with E-state index in [9.17, 15) is 0 Å². The molecule has 0 fully saturated rings. The zero-order valence-electron chi connectivity index (χ0n) is 14.6. The van der Waals surface area contributed by atoms with Gasteiger partial charge in [-0.25, -0.2) is 15.8 Å². The summed E-state index contributed by atoms with van der Waals surface area (Å²) in [5, 5.41) is 14.9. The topological polar surface area (TPSA) is 132 Å². The quantitative estimate of drug-likeness (QED) is 0.121. The molecule has 2 rings (SSSR count). The first-order valence-corrected chi connectivity index (χ1v) is 8.92. The summed E-state index contributed by atoms with van der Waals surface area (Å²) in [6.07, 6.45) is 3.75. The van der Waals surface area contributed by atoms with Crippen LogP contribution >= 0.6 is 11.3 Å². The fourth-order valence-electron chi connectivity index (χ4n) is 2.02. The molecule has 136 valence electrons. The van der Waals surface area contributed by atoms with Crippen LogP contribution in [-0.2, 0) is 6.54 Å². The lowest BCUT2D eigenvalue weighted by Crippen LogP contribution is -2.38. The average molecular weight is 372 g/mol. The number of aliphatic imine (C=N–C) groups is 1. The maximum atomic E-state index is 8.49. The third-order valence-electron chi connectivity index (χ3n) is 3.43. The van der Waals surface area contributed by atoms with Gasteiger partial charge in [0, 0.05) is 0 Å². The number of nitrogens with zero attached hydrogens (tertiary/aromatic N) is 6. The highest BCUT2D eigenvalue weighted by molar-refractivity contribution is 7.13. The molecule has 9 nitrogen and oxygen atoms in total. The number of unbranched alkanes of at least 4 members (excludes halogenated alkanes) is 1. The van der Waals surface area contributed by atoms with Crippen LogP contribution in [0.4, 0.5) is 5.13 Å². The number of guanidine groups is 1. The standard InChI is InChI=1S/C16H22N9S/c1-3-4-8-25(19)24(2)16-23-14(10-26-16)13-7-5-6-12(22-13)9-20-15(18)21-11-17/h5-7,10H,2-4,8-9,19H2,1H3,(H3,18,20,21)/q+1. The van der Waals surface area contributed by atoms with Gasteiger partial charge in [-0.3, -0.25) is 5.32 Å². The third kappa shape index (κ3) is 5.23. The molecule has 0 amide bonds. The molecule has 2 aromatic rings. The molecule has 0 saturated heterocycles. The molecule has 0 aliphatic heterocycles. The zero-order valence-corrected chi connectivity index (χ0v) is 15.4. The summed E-state index contributed by atoms with van der Waals surface area (Å²) >= 11 is 1.44. The first kappa shape index (κ1) is 19.3. The van der Waals surface area contributed by atoms with Gasteiger partial charge in [0.1, 0.15) is 5.69 Å². The predicted octanol–water partition coefficient (Wildman–Crippen LogP) is 1.33. The van der Waals surface area contributed by atoms with Crippen LogP contribution in [-0.4, -0.2) is 39.0 Å². The lowest BCUT2D eigenvalue weighted by atomic mass is 10.2. The molecule has 26 heavy (non-hydrogen) atoms. The Hall–Kier alpha value is -3.03. The molecule has 5 N–H and O–H groups in total. The number of hydrogen-bond donors (Lipinski definition) is 3. The summed E-state index contributed by atoms with van der Waals surface area (Å²) in [5.41, 5.74) is 7.70. The molecule has 0 bridgehead atoms. The van der Waals surface area contributed by atoms with E-state index in [4.69, 9.17) is 16.8 Å². The van der Waals surface area contributed by atoms with Crippen molar-refractivity contribution in [2.45, 2.75) is 26.3 Å². The van der Waals surface area contributed by atoms with Crippen molar-refractivity contribution in [1.29, 1.82) is 5.26 Å². The number of pyridine rings is 1. The van der Waals surface area contributed by atoms with Crippen LogP contribution < -0.4 is 16.9 Å². The van der Waals surface area contributed by atoms with Gasteiger partial charge < -0.3 is 5.73 Å². The number of thiazole rings is 1. The third-order valence-corrected chi connectivity index (χ3v) is 4.28. The van der Waals surface area contributed by atoms with Crippen molar-refractivity contribution in [1.82, 2.24) is 20.4 Å². The van der Waals surface area contributed by atoms with Crippen LogP contribution in [0.25, 0.3) is 11.4 Å². The van der Waals surface area contributed by atoms with Gasteiger partial charge in [-0.05, 0) is 34.9 Å². The molecule has 0 spiro atoms. The zero-order chi connectivity index (χ0) is 18.9. The lowest BCUT2D eigenvalue weighted by molar-refractivity contribution is -0.620. The summed E-state index contributed by atoms with van der Waals surface area (Å²) < 4.78 is 1.59. The van der Waals surface area contributed by atoms with Gasteiger partial charge in [-0.2, -0.15) is 10.4 Å². The molecule has 0 atom stereocenters. The number of rotatable bonds is 8. The first-order valence-electron chi connectivity index (χ1n) is 8.04. The number of nitrogens with two attached hydrogens (primary N) is 2. The molecule has 10 heteroatoms. The Morgan fingerprint density at radius 2 is 2.27 bits per heavy atom. The van der Waals surface area contributed by atoms with E-state index in [1.54, 1.807) is 16.0 Å². The molecule has 0 aliphatic carbocycles. The van der Waals surface area contributed by atoms with Crippen molar-refractivity contribution in [2.24, 2.45) is 16.6 Å². The number of hydrogen-bond acceptors (Lipinski definition) is 7. The van der Waals surface area contributed by atoms with Gasteiger partial charge in [-0.1, -0.05) is 19.4 Å². The van der Waals surface area contributed by atoms with Crippen molar-refractivity contribution in [3.05, 3.63) is 29.3 Å². The SMILES string of the molecule is C=[N+](c1nc(-c2cccc(CN=C(N)NC#N)n2)cs1)N(N)CCCC. The Bertz CT molecular complexity index is 821. The van der Waals surface area contributed by atoms with Crippen LogP contribution in [0.2, 0.25) is 0 Å². The van der Waals surface area contributed by atoms with Crippen LogP contribution in [0.3, 0.4) is 0 Å². The highest BCUT2D eigenvalue weighted by Gasteiger charge is 2.20. The second kappa shape index (κ2) is 9.45. The van der Waals surface area contributed by atoms with Crippen LogP contribution in [0.1, 0.15) is 25.5 Å². The molecule has 0 aromatic carbocycles. The molecule has 0 aliphatic rings.